The van der Waals surface area contributed by atoms with Crippen LogP contribution in [0, 0.1) is 0 Å². The molecule has 0 radical (unpaired) electrons. The summed E-state index contributed by atoms with van der Waals surface area (Å²) < 4.78 is 0. The molecule has 0 bridgehead atoms. The summed E-state index contributed by atoms with van der Waals surface area (Å²) in [5.41, 5.74) is 14.7. The van der Waals surface area contributed by atoms with E-state index < -0.39 is 6.29 Å². The number of benzene rings is 3. The minimum atomic E-state index is -1.48. The van der Waals surface area contributed by atoms with E-state index in [-0.39, 0.29) is 12.1 Å². The molecule has 4 N–H and O–H groups in total. The number of aliphatic hydroxyl groups is 2. The molecule has 0 saturated carbocycles. The number of hydrogen-bond acceptors (Lipinski definition) is 5. The van der Waals surface area contributed by atoms with Gasteiger partial charge in [-0.3, -0.25) is 4.99 Å². The Labute approximate surface area is 230 Å². The average Bonchev–Trinajstić information content (AvgIpc) is 2.92. The first-order valence-corrected chi connectivity index (χ1v) is 13.5. The molecule has 3 aromatic carbocycles. The number of rotatable bonds is 8. The predicted molar refractivity (Wildman–Crippen MR) is 160 cm³/mol. The maximum Gasteiger partial charge on any atom is 0.171 e. The van der Waals surface area contributed by atoms with Gasteiger partial charge >= 0.3 is 0 Å². The van der Waals surface area contributed by atoms with E-state index in [1.165, 1.54) is 22.8 Å². The number of nitrogens with two attached hydrogens (primary N) is 1. The number of nitrogens with zero attached hydrogens (tertiary/aromatic N) is 2. The van der Waals surface area contributed by atoms with Crippen molar-refractivity contribution in [3.8, 4) is 0 Å². The van der Waals surface area contributed by atoms with Crippen LogP contribution in [0.2, 0.25) is 5.02 Å². The number of aryl methyl sites for hydroxylation is 1. The van der Waals surface area contributed by atoms with E-state index in [1.807, 2.05) is 25.3 Å². The zero-order chi connectivity index (χ0) is 27.2. The molecule has 0 saturated heterocycles. The molecule has 0 aliphatic carbocycles. The Morgan fingerprint density at radius 2 is 1.87 bits per heavy atom. The lowest BCUT2D eigenvalue weighted by Crippen LogP contribution is -2.43. The molecule has 3 aromatic rings. The number of hydrogen-bond donors (Lipinski definition) is 3. The predicted octanol–water partition coefficient (Wildman–Crippen LogP) is 6.16. The Morgan fingerprint density at radius 1 is 1.11 bits per heavy atom. The summed E-state index contributed by atoms with van der Waals surface area (Å²) in [5, 5.41) is 19.1. The minimum Gasteiger partial charge on any atom is -0.404 e. The highest BCUT2D eigenvalue weighted by atomic mass is 35.5. The van der Waals surface area contributed by atoms with Gasteiger partial charge in [0.2, 0.25) is 0 Å². The van der Waals surface area contributed by atoms with E-state index in [2.05, 4.69) is 72.3 Å². The fourth-order valence-electron chi connectivity index (χ4n) is 5.14. The van der Waals surface area contributed by atoms with Gasteiger partial charge in [0.05, 0.1) is 16.8 Å². The lowest BCUT2D eigenvalue weighted by atomic mass is 9.83. The van der Waals surface area contributed by atoms with Gasteiger partial charge in [0.25, 0.3) is 0 Å². The van der Waals surface area contributed by atoms with E-state index in [4.69, 9.17) is 17.3 Å². The van der Waals surface area contributed by atoms with Crippen LogP contribution in [0.1, 0.15) is 60.2 Å². The monoisotopic (exact) mass is 529 g/mol. The maximum atomic E-state index is 9.19. The van der Waals surface area contributed by atoms with E-state index in [0.717, 1.165) is 45.8 Å². The fraction of sp³-hybridized carbons (Fsp3) is 0.281. The highest BCUT2D eigenvalue weighted by Gasteiger charge is 2.34. The Balaban J connectivity index is 1.84. The number of anilines is 1. The third-order valence-electron chi connectivity index (χ3n) is 7.04. The molecule has 1 aliphatic rings. The van der Waals surface area contributed by atoms with Crippen LogP contribution in [0.3, 0.4) is 0 Å². The summed E-state index contributed by atoms with van der Waals surface area (Å²) in [4.78, 5) is 6.81. The number of halogens is 1. The summed E-state index contributed by atoms with van der Waals surface area (Å²) in [6.07, 6.45) is 6.82. The molecule has 38 heavy (non-hydrogen) atoms. The first kappa shape index (κ1) is 27.6. The third-order valence-corrected chi connectivity index (χ3v) is 7.35. The van der Waals surface area contributed by atoms with Crippen molar-refractivity contribution < 1.29 is 10.2 Å². The summed E-state index contributed by atoms with van der Waals surface area (Å²) >= 11 is 6.88. The molecule has 2 atom stereocenters. The lowest BCUT2D eigenvalue weighted by molar-refractivity contribution is 0.00303. The molecular weight excluding hydrogens is 494 g/mol. The van der Waals surface area contributed by atoms with Gasteiger partial charge in [-0.2, -0.15) is 0 Å². The van der Waals surface area contributed by atoms with Crippen LogP contribution in [0.5, 0.6) is 0 Å². The molecule has 0 aromatic heterocycles. The summed E-state index contributed by atoms with van der Waals surface area (Å²) in [6.45, 7) is 7.08. The zero-order valence-corrected chi connectivity index (χ0v) is 22.9. The normalized spacial score (nSPS) is 18.1. The van der Waals surface area contributed by atoms with Crippen LogP contribution >= 0.6 is 11.6 Å². The molecule has 198 valence electrons. The van der Waals surface area contributed by atoms with Gasteiger partial charge in [-0.15, -0.1) is 0 Å². The second kappa shape index (κ2) is 12.4. The van der Waals surface area contributed by atoms with Crippen LogP contribution in [0.25, 0.3) is 11.6 Å². The Bertz CT molecular complexity index is 1350. The first-order valence-electron chi connectivity index (χ1n) is 13.1. The molecule has 1 heterocycles. The zero-order valence-electron chi connectivity index (χ0n) is 22.2. The van der Waals surface area contributed by atoms with E-state index in [1.54, 1.807) is 12.3 Å². The lowest BCUT2D eigenvalue weighted by Gasteiger charge is -2.44. The van der Waals surface area contributed by atoms with Gasteiger partial charge in [0.1, 0.15) is 0 Å². The molecular formula is C32H36ClN3O2. The Kier molecular flexibility index (Phi) is 9.05. The molecule has 0 spiro atoms. The van der Waals surface area contributed by atoms with Crippen LogP contribution in [-0.4, -0.2) is 35.3 Å². The molecule has 4 rings (SSSR count). The van der Waals surface area contributed by atoms with Gasteiger partial charge in [0, 0.05) is 30.6 Å². The topological polar surface area (TPSA) is 82.1 Å². The van der Waals surface area contributed by atoms with Crippen LogP contribution in [-0.2, 0) is 12.8 Å². The SMILES string of the molecule is CCN=CC(=CN)c1ccc2c(c1)CC(C)N(c1ccc(CC)cc1Cl)C2c1ccc(/C=C/C(O)O)cc1. The van der Waals surface area contributed by atoms with Crippen molar-refractivity contribution in [3.63, 3.8) is 0 Å². The van der Waals surface area contributed by atoms with Gasteiger partial charge < -0.3 is 20.8 Å². The van der Waals surface area contributed by atoms with E-state index in [9.17, 15) is 10.2 Å². The number of aliphatic hydroxyl groups excluding tert-OH is 1. The van der Waals surface area contributed by atoms with Crippen LogP contribution in [0.15, 0.2) is 77.9 Å². The maximum absolute atomic E-state index is 9.19. The average molecular weight is 530 g/mol. The van der Waals surface area contributed by atoms with Gasteiger partial charge in [-0.25, -0.2) is 0 Å². The van der Waals surface area contributed by atoms with Crippen LogP contribution in [0.4, 0.5) is 5.69 Å². The molecule has 1 aliphatic heterocycles. The largest absolute Gasteiger partial charge is 0.404 e. The van der Waals surface area contributed by atoms with Crippen molar-refractivity contribution in [2.75, 3.05) is 11.4 Å². The number of aliphatic imine (C=N–C) groups is 1. The van der Waals surface area contributed by atoms with Crippen molar-refractivity contribution in [3.05, 3.63) is 111 Å². The van der Waals surface area contributed by atoms with Crippen molar-refractivity contribution in [1.29, 1.82) is 0 Å². The van der Waals surface area contributed by atoms with E-state index >= 15 is 0 Å². The molecule has 6 heteroatoms. The molecule has 2 unspecified atom stereocenters. The second-order valence-electron chi connectivity index (χ2n) is 9.61. The molecule has 0 amide bonds. The summed E-state index contributed by atoms with van der Waals surface area (Å²) in [7, 11) is 0. The Morgan fingerprint density at radius 3 is 2.50 bits per heavy atom. The van der Waals surface area contributed by atoms with Gasteiger partial charge in [-0.05, 0) is 78.3 Å². The molecule has 5 nitrogen and oxygen atoms in total. The summed E-state index contributed by atoms with van der Waals surface area (Å²) in [6, 6.07) is 21.2. The molecule has 0 fully saturated rings. The first-order chi connectivity index (χ1) is 18.4. The highest BCUT2D eigenvalue weighted by molar-refractivity contribution is 6.33. The summed E-state index contributed by atoms with van der Waals surface area (Å²) in [5.74, 6) is 0. The van der Waals surface area contributed by atoms with Crippen molar-refractivity contribution in [2.45, 2.75) is 52.0 Å². The Hall–Kier alpha value is -3.38. The number of fused-ring (bicyclic) bond motifs is 1. The third kappa shape index (κ3) is 6.02. The van der Waals surface area contributed by atoms with Gasteiger partial charge in [-0.1, -0.05) is 73.1 Å². The number of allylic oxidation sites excluding steroid dienone is 1. The van der Waals surface area contributed by atoms with Crippen LogP contribution < -0.4 is 10.6 Å². The standard InChI is InChI=1S/C32H36ClN3O2/c1-4-22-8-14-30(29(33)17-22)36-21(3)16-26-18-25(27(19-34)20-35-5-2)12-13-28(26)32(36)24-10-6-23(7-11-24)9-15-31(37)38/h6-15,17-21,31-32,37-38H,4-5,16,34H2,1-3H3/b15-9+,27-19?,35-20?. The minimum absolute atomic E-state index is 0.0520. The highest BCUT2D eigenvalue weighted by Crippen LogP contribution is 2.44. The smallest absolute Gasteiger partial charge is 0.171 e. The van der Waals surface area contributed by atoms with Crippen molar-refractivity contribution in [1.82, 2.24) is 0 Å². The van der Waals surface area contributed by atoms with Gasteiger partial charge in [0.15, 0.2) is 6.29 Å². The van der Waals surface area contributed by atoms with Crippen molar-refractivity contribution >= 4 is 35.2 Å². The fourth-order valence-corrected chi connectivity index (χ4v) is 5.44. The quantitative estimate of drug-likeness (QED) is 0.241. The second-order valence-corrected chi connectivity index (χ2v) is 10.0. The van der Waals surface area contributed by atoms with E-state index in [0.29, 0.717) is 6.54 Å². The van der Waals surface area contributed by atoms with Crippen molar-refractivity contribution in [2.24, 2.45) is 10.7 Å².